The fourth-order valence-electron chi connectivity index (χ4n) is 2.82. The Morgan fingerprint density at radius 1 is 1.14 bits per heavy atom. The average Bonchev–Trinajstić information content (AvgIpc) is 2.56. The predicted octanol–water partition coefficient (Wildman–Crippen LogP) is 2.44. The Morgan fingerprint density at radius 2 is 2.00 bits per heavy atom. The first-order chi connectivity index (χ1) is 10.3. The van der Waals surface area contributed by atoms with Gasteiger partial charge in [0.25, 0.3) is 5.56 Å². The Kier molecular flexibility index (Phi) is 4.46. The Labute approximate surface area is 124 Å². The summed E-state index contributed by atoms with van der Waals surface area (Å²) < 4.78 is 1.60. The van der Waals surface area contributed by atoms with Crippen molar-refractivity contribution in [2.45, 2.75) is 38.3 Å². The summed E-state index contributed by atoms with van der Waals surface area (Å²) in [6, 6.07) is 13.9. The van der Waals surface area contributed by atoms with Gasteiger partial charge in [-0.05, 0) is 31.9 Å². The second-order valence-electron chi connectivity index (χ2n) is 5.58. The quantitative estimate of drug-likeness (QED) is 0.937. The van der Waals surface area contributed by atoms with Crippen LogP contribution in [0.15, 0.2) is 47.3 Å². The molecule has 0 radical (unpaired) electrons. The molecule has 1 aromatic carbocycles. The lowest BCUT2D eigenvalue weighted by molar-refractivity contribution is 0.357. The molecule has 1 saturated heterocycles. The number of aromatic nitrogens is 2. The highest BCUT2D eigenvalue weighted by Gasteiger charge is 2.13. The van der Waals surface area contributed by atoms with Crippen LogP contribution in [0.2, 0.25) is 0 Å². The fraction of sp³-hybridized carbons (Fsp3) is 0.412. The minimum atomic E-state index is -0.0227. The van der Waals surface area contributed by atoms with E-state index >= 15 is 0 Å². The largest absolute Gasteiger partial charge is 0.314 e. The first-order valence-corrected chi connectivity index (χ1v) is 7.70. The van der Waals surface area contributed by atoms with Crippen LogP contribution in [0, 0.1) is 0 Å². The van der Waals surface area contributed by atoms with Gasteiger partial charge < -0.3 is 5.32 Å². The number of nitrogens with one attached hydrogen (secondary N) is 1. The first kappa shape index (κ1) is 14.0. The van der Waals surface area contributed by atoms with Crippen LogP contribution in [-0.2, 0) is 6.54 Å². The van der Waals surface area contributed by atoms with Gasteiger partial charge in [-0.25, -0.2) is 4.68 Å². The summed E-state index contributed by atoms with van der Waals surface area (Å²) >= 11 is 0. The molecule has 2 heterocycles. The van der Waals surface area contributed by atoms with Crippen LogP contribution in [0.5, 0.6) is 0 Å². The van der Waals surface area contributed by atoms with Gasteiger partial charge in [-0.3, -0.25) is 4.79 Å². The van der Waals surface area contributed by atoms with Crippen LogP contribution in [0.3, 0.4) is 0 Å². The second kappa shape index (κ2) is 6.68. The van der Waals surface area contributed by atoms with Crippen molar-refractivity contribution in [1.82, 2.24) is 15.1 Å². The second-order valence-corrected chi connectivity index (χ2v) is 5.58. The van der Waals surface area contributed by atoms with Crippen LogP contribution in [0.1, 0.15) is 25.7 Å². The standard InChI is InChI=1S/C17H21N3O/c21-17-10-9-16(14-6-2-1-3-7-14)19-20(17)13-11-15-8-4-5-12-18-15/h1-3,6-7,9-10,15,18H,4-5,8,11-13H2. The molecule has 0 spiro atoms. The monoisotopic (exact) mass is 283 g/mol. The molecule has 1 aliphatic rings. The Balaban J connectivity index is 1.74. The van der Waals surface area contributed by atoms with Gasteiger partial charge in [0.15, 0.2) is 0 Å². The number of aryl methyl sites for hydroxylation is 1. The first-order valence-electron chi connectivity index (χ1n) is 7.70. The molecule has 21 heavy (non-hydrogen) atoms. The Morgan fingerprint density at radius 3 is 2.76 bits per heavy atom. The molecule has 0 bridgehead atoms. The Hall–Kier alpha value is -1.94. The summed E-state index contributed by atoms with van der Waals surface area (Å²) in [6.07, 6.45) is 4.71. The van der Waals surface area contributed by atoms with Gasteiger partial charge in [0, 0.05) is 24.2 Å². The zero-order chi connectivity index (χ0) is 14.5. The molecule has 110 valence electrons. The van der Waals surface area contributed by atoms with E-state index in [-0.39, 0.29) is 5.56 Å². The molecule has 0 saturated carbocycles. The fourth-order valence-corrected chi connectivity index (χ4v) is 2.82. The average molecular weight is 283 g/mol. The number of benzene rings is 1. The highest BCUT2D eigenvalue weighted by molar-refractivity contribution is 5.57. The molecule has 0 amide bonds. The van der Waals surface area contributed by atoms with Crippen molar-refractivity contribution in [3.05, 3.63) is 52.8 Å². The molecule has 1 aromatic heterocycles. The summed E-state index contributed by atoms with van der Waals surface area (Å²) in [5.74, 6) is 0. The number of rotatable bonds is 4. The van der Waals surface area contributed by atoms with Crippen LogP contribution in [0.25, 0.3) is 11.3 Å². The highest BCUT2D eigenvalue weighted by atomic mass is 16.1. The zero-order valence-electron chi connectivity index (χ0n) is 12.2. The van der Waals surface area contributed by atoms with Gasteiger partial charge in [0.2, 0.25) is 0 Å². The van der Waals surface area contributed by atoms with E-state index in [0.717, 1.165) is 24.2 Å². The van der Waals surface area contributed by atoms with Crippen molar-refractivity contribution >= 4 is 0 Å². The summed E-state index contributed by atoms with van der Waals surface area (Å²) in [4.78, 5) is 12.0. The normalized spacial score (nSPS) is 18.6. The number of hydrogen-bond donors (Lipinski definition) is 1. The van der Waals surface area contributed by atoms with Crippen LogP contribution in [0.4, 0.5) is 0 Å². The van der Waals surface area contributed by atoms with Gasteiger partial charge >= 0.3 is 0 Å². The highest BCUT2D eigenvalue weighted by Crippen LogP contribution is 2.14. The van der Waals surface area contributed by atoms with Crippen molar-refractivity contribution in [3.8, 4) is 11.3 Å². The molecule has 4 heteroatoms. The van der Waals surface area contributed by atoms with E-state index in [2.05, 4.69) is 10.4 Å². The van der Waals surface area contributed by atoms with Gasteiger partial charge in [-0.15, -0.1) is 0 Å². The van der Waals surface area contributed by atoms with Gasteiger partial charge in [0.05, 0.1) is 5.69 Å². The molecule has 1 unspecified atom stereocenters. The van der Waals surface area contributed by atoms with Crippen molar-refractivity contribution in [2.75, 3.05) is 6.54 Å². The van der Waals surface area contributed by atoms with Crippen LogP contribution < -0.4 is 10.9 Å². The maximum atomic E-state index is 12.0. The van der Waals surface area contributed by atoms with E-state index in [9.17, 15) is 4.79 Å². The summed E-state index contributed by atoms with van der Waals surface area (Å²) in [6.45, 7) is 1.77. The number of hydrogen-bond acceptors (Lipinski definition) is 3. The van der Waals surface area contributed by atoms with E-state index in [1.54, 1.807) is 16.8 Å². The lowest BCUT2D eigenvalue weighted by Gasteiger charge is -2.23. The van der Waals surface area contributed by atoms with Crippen molar-refractivity contribution < 1.29 is 0 Å². The summed E-state index contributed by atoms with van der Waals surface area (Å²) in [5.41, 5.74) is 1.87. The zero-order valence-corrected chi connectivity index (χ0v) is 12.2. The molecule has 1 fully saturated rings. The summed E-state index contributed by atoms with van der Waals surface area (Å²) in [5, 5.41) is 8.02. The molecular weight excluding hydrogens is 262 g/mol. The molecule has 0 aliphatic carbocycles. The topological polar surface area (TPSA) is 46.9 Å². The third-order valence-corrected chi connectivity index (χ3v) is 4.04. The van der Waals surface area contributed by atoms with E-state index in [4.69, 9.17) is 0 Å². The maximum absolute atomic E-state index is 12.0. The molecular formula is C17H21N3O. The molecule has 1 atom stereocenters. The van der Waals surface area contributed by atoms with Gasteiger partial charge in [-0.2, -0.15) is 5.10 Å². The number of piperidine rings is 1. The molecule has 3 rings (SSSR count). The predicted molar refractivity (Wildman–Crippen MR) is 84.2 cm³/mol. The van der Waals surface area contributed by atoms with E-state index < -0.39 is 0 Å². The van der Waals surface area contributed by atoms with Crippen LogP contribution >= 0.6 is 0 Å². The maximum Gasteiger partial charge on any atom is 0.266 e. The van der Waals surface area contributed by atoms with Gasteiger partial charge in [-0.1, -0.05) is 36.8 Å². The van der Waals surface area contributed by atoms with Crippen molar-refractivity contribution in [1.29, 1.82) is 0 Å². The lowest BCUT2D eigenvalue weighted by atomic mass is 10.0. The van der Waals surface area contributed by atoms with Crippen molar-refractivity contribution in [3.63, 3.8) is 0 Å². The third-order valence-electron chi connectivity index (χ3n) is 4.04. The van der Waals surface area contributed by atoms with Gasteiger partial charge in [0.1, 0.15) is 0 Å². The minimum absolute atomic E-state index is 0.0227. The smallest absolute Gasteiger partial charge is 0.266 e. The van der Waals surface area contributed by atoms with Crippen LogP contribution in [-0.4, -0.2) is 22.4 Å². The Bertz CT molecular complexity index is 630. The molecule has 4 nitrogen and oxygen atoms in total. The van der Waals surface area contributed by atoms with Crippen molar-refractivity contribution in [2.24, 2.45) is 0 Å². The SMILES string of the molecule is O=c1ccc(-c2ccccc2)nn1CCC1CCCCN1. The lowest BCUT2D eigenvalue weighted by Crippen LogP contribution is -2.36. The number of nitrogens with zero attached hydrogens (tertiary/aromatic N) is 2. The minimum Gasteiger partial charge on any atom is -0.314 e. The van der Waals surface area contributed by atoms with E-state index in [1.165, 1.54) is 19.3 Å². The molecule has 1 N–H and O–H groups in total. The third kappa shape index (κ3) is 3.58. The van der Waals surface area contributed by atoms with E-state index in [1.807, 2.05) is 30.3 Å². The summed E-state index contributed by atoms with van der Waals surface area (Å²) in [7, 11) is 0. The molecule has 1 aliphatic heterocycles. The van der Waals surface area contributed by atoms with E-state index in [0.29, 0.717) is 12.6 Å². The molecule has 2 aromatic rings.